The summed E-state index contributed by atoms with van der Waals surface area (Å²) in [6.45, 7) is 1.94. The van der Waals surface area contributed by atoms with E-state index in [1.807, 2.05) is 6.92 Å². The number of aromatic hydroxyl groups is 1. The molecule has 20 heavy (non-hydrogen) atoms. The summed E-state index contributed by atoms with van der Waals surface area (Å²) < 4.78 is 5.70. The topological polar surface area (TPSA) is 63.3 Å². The standard InChI is InChI=1S/C16H13NO3/c1-2-13-15(12-9-17-8-7-14(12)20-13)16(19)10-3-5-11(18)6-4-10/h3-9,18H,2H2,1H3. The predicted molar refractivity (Wildman–Crippen MR) is 74.9 cm³/mol. The zero-order valence-electron chi connectivity index (χ0n) is 11.0. The summed E-state index contributed by atoms with van der Waals surface area (Å²) >= 11 is 0. The van der Waals surface area contributed by atoms with Crippen molar-refractivity contribution in [1.82, 2.24) is 4.98 Å². The molecular weight excluding hydrogens is 254 g/mol. The first-order valence-electron chi connectivity index (χ1n) is 6.40. The number of phenols is 1. The fourth-order valence-electron chi connectivity index (χ4n) is 2.25. The molecule has 1 N–H and O–H groups in total. The molecular formula is C16H13NO3. The lowest BCUT2D eigenvalue weighted by atomic mass is 10.00. The Hall–Kier alpha value is -2.62. The first-order valence-corrected chi connectivity index (χ1v) is 6.40. The van der Waals surface area contributed by atoms with Crippen molar-refractivity contribution in [3.63, 3.8) is 0 Å². The molecule has 3 aromatic rings. The minimum absolute atomic E-state index is 0.117. The van der Waals surface area contributed by atoms with Gasteiger partial charge >= 0.3 is 0 Å². The number of hydrogen-bond donors (Lipinski definition) is 1. The Morgan fingerprint density at radius 3 is 2.70 bits per heavy atom. The molecule has 0 aliphatic rings. The van der Waals surface area contributed by atoms with Gasteiger partial charge < -0.3 is 9.52 Å². The summed E-state index contributed by atoms with van der Waals surface area (Å²) in [6, 6.07) is 7.96. The minimum atomic E-state index is -0.117. The highest BCUT2D eigenvalue weighted by atomic mass is 16.3. The fourth-order valence-corrected chi connectivity index (χ4v) is 2.25. The first kappa shape index (κ1) is 12.4. The molecule has 0 saturated carbocycles. The molecule has 0 aliphatic heterocycles. The zero-order valence-corrected chi connectivity index (χ0v) is 11.0. The van der Waals surface area contributed by atoms with Crippen molar-refractivity contribution in [3.8, 4) is 5.75 Å². The molecule has 100 valence electrons. The van der Waals surface area contributed by atoms with Crippen LogP contribution >= 0.6 is 0 Å². The van der Waals surface area contributed by atoms with E-state index in [1.54, 1.807) is 30.6 Å². The van der Waals surface area contributed by atoms with Crippen LogP contribution in [-0.2, 0) is 6.42 Å². The van der Waals surface area contributed by atoms with Crippen molar-refractivity contribution in [2.45, 2.75) is 13.3 Å². The van der Waals surface area contributed by atoms with Gasteiger partial charge in [-0.15, -0.1) is 0 Å². The van der Waals surface area contributed by atoms with E-state index in [2.05, 4.69) is 4.98 Å². The normalized spacial score (nSPS) is 10.8. The van der Waals surface area contributed by atoms with Crippen molar-refractivity contribution in [2.75, 3.05) is 0 Å². The third-order valence-corrected chi connectivity index (χ3v) is 3.24. The molecule has 0 saturated heterocycles. The second-order valence-corrected chi connectivity index (χ2v) is 4.50. The summed E-state index contributed by atoms with van der Waals surface area (Å²) in [5.41, 5.74) is 1.74. The largest absolute Gasteiger partial charge is 0.508 e. The molecule has 3 rings (SSSR count). The molecule has 2 aromatic heterocycles. The third-order valence-electron chi connectivity index (χ3n) is 3.24. The smallest absolute Gasteiger partial charge is 0.197 e. The van der Waals surface area contributed by atoms with Crippen LogP contribution in [0.3, 0.4) is 0 Å². The maximum Gasteiger partial charge on any atom is 0.197 e. The lowest BCUT2D eigenvalue weighted by Crippen LogP contribution is -2.03. The van der Waals surface area contributed by atoms with Crippen LogP contribution in [0.25, 0.3) is 11.0 Å². The Labute approximate surface area is 115 Å². The second-order valence-electron chi connectivity index (χ2n) is 4.50. The van der Waals surface area contributed by atoms with E-state index in [9.17, 15) is 9.90 Å². The maximum absolute atomic E-state index is 12.6. The number of pyridine rings is 1. The highest BCUT2D eigenvalue weighted by Gasteiger charge is 2.21. The van der Waals surface area contributed by atoms with Gasteiger partial charge in [-0.05, 0) is 30.3 Å². The van der Waals surface area contributed by atoms with Crippen LogP contribution in [0.4, 0.5) is 0 Å². The van der Waals surface area contributed by atoms with Crippen molar-refractivity contribution in [1.29, 1.82) is 0 Å². The number of ketones is 1. The first-order chi connectivity index (χ1) is 9.70. The molecule has 0 atom stereocenters. The highest BCUT2D eigenvalue weighted by Crippen LogP contribution is 2.28. The van der Waals surface area contributed by atoms with Crippen LogP contribution < -0.4 is 0 Å². The molecule has 4 heteroatoms. The van der Waals surface area contributed by atoms with Crippen LogP contribution in [0.2, 0.25) is 0 Å². The lowest BCUT2D eigenvalue weighted by Gasteiger charge is -2.01. The third kappa shape index (κ3) is 1.95. The van der Waals surface area contributed by atoms with Gasteiger partial charge in [-0.3, -0.25) is 9.78 Å². The van der Waals surface area contributed by atoms with Gasteiger partial charge in [0.25, 0.3) is 0 Å². The Morgan fingerprint density at radius 2 is 2.00 bits per heavy atom. The quantitative estimate of drug-likeness (QED) is 0.739. The number of phenolic OH excluding ortho intramolecular Hbond substituents is 1. The van der Waals surface area contributed by atoms with Crippen LogP contribution in [0.15, 0.2) is 47.1 Å². The number of fused-ring (bicyclic) bond motifs is 1. The number of benzene rings is 1. The number of aromatic nitrogens is 1. The molecule has 0 bridgehead atoms. The summed E-state index contributed by atoms with van der Waals surface area (Å²) in [4.78, 5) is 16.7. The van der Waals surface area contributed by atoms with Crippen molar-refractivity contribution in [2.24, 2.45) is 0 Å². The van der Waals surface area contributed by atoms with Crippen molar-refractivity contribution < 1.29 is 14.3 Å². The van der Waals surface area contributed by atoms with E-state index >= 15 is 0 Å². The number of furan rings is 1. The Bertz CT molecular complexity index is 772. The van der Waals surface area contributed by atoms with Gasteiger partial charge in [0.1, 0.15) is 17.1 Å². The number of carbonyl (C=O) groups is 1. The van der Waals surface area contributed by atoms with Gasteiger partial charge in [-0.1, -0.05) is 6.92 Å². The molecule has 0 aliphatic carbocycles. The number of rotatable bonds is 3. The van der Waals surface area contributed by atoms with E-state index in [0.29, 0.717) is 28.9 Å². The van der Waals surface area contributed by atoms with Gasteiger partial charge in [0.2, 0.25) is 0 Å². The summed E-state index contributed by atoms with van der Waals surface area (Å²) in [7, 11) is 0. The van der Waals surface area contributed by atoms with E-state index in [1.165, 1.54) is 12.1 Å². The average Bonchev–Trinajstić information content (AvgIpc) is 2.85. The highest BCUT2D eigenvalue weighted by molar-refractivity contribution is 6.16. The molecule has 0 amide bonds. The van der Waals surface area contributed by atoms with Crippen LogP contribution in [0.1, 0.15) is 28.6 Å². The number of nitrogens with zero attached hydrogens (tertiary/aromatic N) is 1. The molecule has 0 unspecified atom stereocenters. The SMILES string of the molecule is CCc1oc2ccncc2c1C(=O)c1ccc(O)cc1. The van der Waals surface area contributed by atoms with Gasteiger partial charge in [0.15, 0.2) is 5.78 Å². The lowest BCUT2D eigenvalue weighted by molar-refractivity contribution is 0.103. The average molecular weight is 267 g/mol. The summed E-state index contributed by atoms with van der Waals surface area (Å²) in [6.07, 6.45) is 3.92. The number of hydrogen-bond acceptors (Lipinski definition) is 4. The van der Waals surface area contributed by atoms with E-state index in [0.717, 1.165) is 5.39 Å². The molecule has 4 nitrogen and oxygen atoms in total. The monoisotopic (exact) mass is 267 g/mol. The molecule has 2 heterocycles. The molecule has 0 radical (unpaired) electrons. The Kier molecular flexibility index (Phi) is 2.99. The fraction of sp³-hybridized carbons (Fsp3) is 0.125. The van der Waals surface area contributed by atoms with Gasteiger partial charge in [-0.25, -0.2) is 0 Å². The minimum Gasteiger partial charge on any atom is -0.508 e. The van der Waals surface area contributed by atoms with Crippen LogP contribution in [0, 0.1) is 0 Å². The van der Waals surface area contributed by atoms with Crippen LogP contribution in [0.5, 0.6) is 5.75 Å². The van der Waals surface area contributed by atoms with Crippen molar-refractivity contribution >= 4 is 16.8 Å². The molecule has 1 aromatic carbocycles. The van der Waals surface area contributed by atoms with Crippen LogP contribution in [-0.4, -0.2) is 15.9 Å². The van der Waals surface area contributed by atoms with Gasteiger partial charge in [0, 0.05) is 24.4 Å². The van der Waals surface area contributed by atoms with E-state index in [4.69, 9.17) is 4.42 Å². The predicted octanol–water partition coefficient (Wildman–Crippen LogP) is 3.33. The van der Waals surface area contributed by atoms with Crippen molar-refractivity contribution in [3.05, 3.63) is 59.6 Å². The number of carbonyl (C=O) groups excluding carboxylic acids is 1. The van der Waals surface area contributed by atoms with E-state index < -0.39 is 0 Å². The summed E-state index contributed by atoms with van der Waals surface area (Å²) in [5, 5.41) is 10.0. The zero-order chi connectivity index (χ0) is 14.1. The summed E-state index contributed by atoms with van der Waals surface area (Å²) in [5.74, 6) is 0.677. The maximum atomic E-state index is 12.6. The number of aryl methyl sites for hydroxylation is 1. The van der Waals surface area contributed by atoms with Gasteiger partial charge in [0.05, 0.1) is 10.9 Å². The molecule has 0 fully saturated rings. The molecule has 0 spiro atoms. The Morgan fingerprint density at radius 1 is 1.25 bits per heavy atom. The second kappa shape index (κ2) is 4.81. The Balaban J connectivity index is 2.17. The van der Waals surface area contributed by atoms with Gasteiger partial charge in [-0.2, -0.15) is 0 Å². The van der Waals surface area contributed by atoms with E-state index in [-0.39, 0.29) is 11.5 Å².